The Hall–Kier alpha value is -4.90. The summed E-state index contributed by atoms with van der Waals surface area (Å²) in [6, 6.07) is 23.8. The number of nitro groups is 1. The van der Waals surface area contributed by atoms with E-state index >= 15 is 0 Å². The summed E-state index contributed by atoms with van der Waals surface area (Å²) >= 11 is 0. The Morgan fingerprint density at radius 3 is 2.05 bits per heavy atom. The first-order chi connectivity index (χ1) is 18.6. The zero-order valence-corrected chi connectivity index (χ0v) is 20.5. The van der Waals surface area contributed by atoms with Gasteiger partial charge in [-0.25, -0.2) is 9.97 Å². The average molecular weight is 511 g/mol. The van der Waals surface area contributed by atoms with Crippen LogP contribution < -0.4 is 15.8 Å². The number of anilines is 2. The highest BCUT2D eigenvalue weighted by Gasteiger charge is 2.32. The van der Waals surface area contributed by atoms with E-state index in [0.717, 1.165) is 0 Å². The molecule has 1 aliphatic rings. The van der Waals surface area contributed by atoms with Gasteiger partial charge in [0.1, 0.15) is 6.33 Å². The molecule has 0 radical (unpaired) electrons. The van der Waals surface area contributed by atoms with Gasteiger partial charge in [0.25, 0.3) is 5.91 Å². The van der Waals surface area contributed by atoms with Gasteiger partial charge in [-0.2, -0.15) is 0 Å². The Bertz CT molecular complexity index is 1340. The van der Waals surface area contributed by atoms with Crippen LogP contribution in [0.4, 0.5) is 17.3 Å². The molecular weight excluding hydrogens is 484 g/mol. The quantitative estimate of drug-likeness (QED) is 0.270. The van der Waals surface area contributed by atoms with Gasteiger partial charge in [-0.15, -0.1) is 0 Å². The number of carbonyl (C=O) groups excluding carboxylic acids is 1. The summed E-state index contributed by atoms with van der Waals surface area (Å²) in [7, 11) is 0. The Labute approximate surface area is 219 Å². The lowest BCUT2D eigenvalue weighted by molar-refractivity contribution is -0.383. The van der Waals surface area contributed by atoms with Gasteiger partial charge in [0.2, 0.25) is 11.6 Å². The zero-order chi connectivity index (χ0) is 26.3. The van der Waals surface area contributed by atoms with Crippen LogP contribution in [0.5, 0.6) is 0 Å². The maximum absolute atomic E-state index is 12.4. The molecule has 2 N–H and O–H groups in total. The number of benzene rings is 2. The Morgan fingerprint density at radius 1 is 0.868 bits per heavy atom. The number of hydrogen-bond donors (Lipinski definition) is 2. The maximum atomic E-state index is 12.4. The van der Waals surface area contributed by atoms with Crippen molar-refractivity contribution in [2.75, 3.05) is 36.5 Å². The molecule has 0 bridgehead atoms. The van der Waals surface area contributed by atoms with E-state index in [9.17, 15) is 14.9 Å². The number of rotatable bonds is 8. The smallest absolute Gasteiger partial charge is 0.348 e. The van der Waals surface area contributed by atoms with Crippen LogP contribution in [-0.2, 0) is 0 Å². The SMILES string of the molecule is O=C(NNc1ncnc(N2CCN(C(c3ccccc3)c3ccccc3)CC2)c1[N+](=O)[O-])c1ccncc1. The summed E-state index contributed by atoms with van der Waals surface area (Å²) in [4.78, 5) is 40.3. The number of carbonyl (C=O) groups is 1. The first-order valence-electron chi connectivity index (χ1n) is 12.2. The van der Waals surface area contributed by atoms with E-state index in [0.29, 0.717) is 31.7 Å². The fraction of sp³-hybridized carbons (Fsp3) is 0.185. The third-order valence-electron chi connectivity index (χ3n) is 6.43. The summed E-state index contributed by atoms with van der Waals surface area (Å²) < 4.78 is 0. The summed E-state index contributed by atoms with van der Waals surface area (Å²) in [6.45, 7) is 2.43. The Balaban J connectivity index is 1.33. The van der Waals surface area contributed by atoms with Gasteiger partial charge < -0.3 is 4.90 Å². The molecular formula is C27H26N8O3. The predicted molar refractivity (Wildman–Crippen MR) is 143 cm³/mol. The van der Waals surface area contributed by atoms with Crippen molar-refractivity contribution in [1.29, 1.82) is 0 Å². The van der Waals surface area contributed by atoms with Crippen LogP contribution in [0.1, 0.15) is 27.5 Å². The van der Waals surface area contributed by atoms with Crippen LogP contribution in [0.25, 0.3) is 0 Å². The van der Waals surface area contributed by atoms with E-state index in [-0.39, 0.29) is 23.4 Å². The third kappa shape index (κ3) is 5.42. The van der Waals surface area contributed by atoms with E-state index in [1.165, 1.54) is 42.0 Å². The number of hydrogen-bond acceptors (Lipinski definition) is 9. The van der Waals surface area contributed by atoms with Crippen LogP contribution >= 0.6 is 0 Å². The lowest BCUT2D eigenvalue weighted by Crippen LogP contribution is -2.48. The van der Waals surface area contributed by atoms with Crippen LogP contribution in [0.2, 0.25) is 0 Å². The second kappa shape index (κ2) is 11.4. The molecule has 0 saturated carbocycles. The minimum Gasteiger partial charge on any atom is -0.348 e. The molecule has 1 amide bonds. The summed E-state index contributed by atoms with van der Waals surface area (Å²) in [5.41, 5.74) is 7.50. The lowest BCUT2D eigenvalue weighted by atomic mass is 9.96. The number of pyridine rings is 1. The molecule has 1 saturated heterocycles. The van der Waals surface area contributed by atoms with Crippen LogP contribution in [0.3, 0.4) is 0 Å². The molecule has 0 atom stereocenters. The number of piperazine rings is 1. The van der Waals surface area contributed by atoms with Gasteiger partial charge in [-0.1, -0.05) is 60.7 Å². The number of nitrogens with zero attached hydrogens (tertiary/aromatic N) is 6. The molecule has 2 aromatic heterocycles. The highest BCUT2D eigenvalue weighted by Crippen LogP contribution is 2.34. The van der Waals surface area contributed by atoms with Crippen molar-refractivity contribution in [3.05, 3.63) is 118 Å². The van der Waals surface area contributed by atoms with Gasteiger partial charge in [-0.3, -0.25) is 35.6 Å². The maximum Gasteiger partial charge on any atom is 0.355 e. The molecule has 0 spiro atoms. The molecule has 2 aromatic carbocycles. The zero-order valence-electron chi connectivity index (χ0n) is 20.5. The molecule has 11 nitrogen and oxygen atoms in total. The van der Waals surface area contributed by atoms with Gasteiger partial charge >= 0.3 is 5.69 Å². The molecule has 4 aromatic rings. The second-order valence-electron chi connectivity index (χ2n) is 8.71. The van der Waals surface area contributed by atoms with Crippen molar-refractivity contribution >= 4 is 23.2 Å². The molecule has 0 aliphatic carbocycles. The first kappa shape index (κ1) is 24.8. The fourth-order valence-corrected chi connectivity index (χ4v) is 4.63. The minimum atomic E-state index is -0.528. The number of amides is 1. The Kier molecular flexibility index (Phi) is 7.46. The molecule has 5 rings (SSSR count). The lowest BCUT2D eigenvalue weighted by Gasteiger charge is -2.40. The van der Waals surface area contributed by atoms with E-state index in [1.807, 2.05) is 41.3 Å². The van der Waals surface area contributed by atoms with Crippen LogP contribution in [-0.4, -0.2) is 56.9 Å². The number of nitrogens with one attached hydrogen (secondary N) is 2. The van der Waals surface area contributed by atoms with Crippen molar-refractivity contribution in [2.24, 2.45) is 0 Å². The number of hydrazine groups is 1. The summed E-state index contributed by atoms with van der Waals surface area (Å²) in [5, 5.41) is 12.1. The van der Waals surface area contributed by atoms with Crippen molar-refractivity contribution in [3.63, 3.8) is 0 Å². The molecule has 38 heavy (non-hydrogen) atoms. The van der Waals surface area contributed by atoms with E-state index in [4.69, 9.17) is 0 Å². The third-order valence-corrected chi connectivity index (χ3v) is 6.43. The van der Waals surface area contributed by atoms with Gasteiger partial charge in [0, 0.05) is 44.1 Å². The average Bonchev–Trinajstić information content (AvgIpc) is 2.97. The Morgan fingerprint density at radius 2 is 1.47 bits per heavy atom. The summed E-state index contributed by atoms with van der Waals surface area (Å²) in [5.74, 6) is -0.346. The van der Waals surface area contributed by atoms with E-state index < -0.39 is 10.8 Å². The van der Waals surface area contributed by atoms with Crippen molar-refractivity contribution in [2.45, 2.75) is 6.04 Å². The molecule has 3 heterocycles. The van der Waals surface area contributed by atoms with Crippen LogP contribution in [0.15, 0.2) is 91.5 Å². The standard InChI is InChI=1S/C27H26N8O3/c36-27(22-11-13-28-14-12-22)32-31-25-24(35(37)38)26(30-19-29-25)34-17-15-33(16-18-34)23(20-7-3-1-4-8-20)21-9-5-2-6-10-21/h1-14,19,23H,15-18H2,(H,32,36)(H,29,30,31). The highest BCUT2D eigenvalue weighted by molar-refractivity contribution is 5.94. The van der Waals surface area contributed by atoms with Crippen molar-refractivity contribution in [3.8, 4) is 0 Å². The second-order valence-corrected chi connectivity index (χ2v) is 8.71. The normalized spacial score (nSPS) is 13.8. The fourth-order valence-electron chi connectivity index (χ4n) is 4.63. The predicted octanol–water partition coefficient (Wildman–Crippen LogP) is 3.45. The van der Waals surface area contributed by atoms with Crippen molar-refractivity contribution in [1.82, 2.24) is 25.3 Å². The molecule has 192 valence electrons. The molecule has 1 aliphatic heterocycles. The molecule has 1 fully saturated rings. The van der Waals surface area contributed by atoms with E-state index in [1.54, 1.807) is 0 Å². The minimum absolute atomic E-state index is 0.0700. The monoisotopic (exact) mass is 510 g/mol. The first-order valence-corrected chi connectivity index (χ1v) is 12.2. The topological polar surface area (TPSA) is 129 Å². The van der Waals surface area contributed by atoms with Gasteiger partial charge in [0.05, 0.1) is 11.0 Å². The van der Waals surface area contributed by atoms with Crippen molar-refractivity contribution < 1.29 is 9.72 Å². The highest BCUT2D eigenvalue weighted by atomic mass is 16.6. The van der Waals surface area contributed by atoms with E-state index in [2.05, 4.69) is 55.0 Å². The van der Waals surface area contributed by atoms with Gasteiger partial charge in [-0.05, 0) is 23.3 Å². The van der Waals surface area contributed by atoms with Gasteiger partial charge in [0.15, 0.2) is 0 Å². The molecule has 11 heteroatoms. The van der Waals surface area contributed by atoms with Crippen LogP contribution in [0, 0.1) is 10.1 Å². The largest absolute Gasteiger partial charge is 0.355 e. The number of aromatic nitrogens is 3. The summed E-state index contributed by atoms with van der Waals surface area (Å²) in [6.07, 6.45) is 4.23. The molecule has 0 unspecified atom stereocenters.